The Kier molecular flexibility index (Phi) is 7.36. The van der Waals surface area contributed by atoms with Gasteiger partial charge in [-0.15, -0.1) is 0 Å². The van der Waals surface area contributed by atoms with Crippen LogP contribution in [0.4, 0.5) is 0 Å². The highest BCUT2D eigenvalue weighted by Gasteiger charge is 1.89. The second kappa shape index (κ2) is 7.47. The van der Waals surface area contributed by atoms with Gasteiger partial charge in [0.1, 0.15) is 0 Å². The molecule has 0 amide bonds. The molecule has 0 heterocycles. The van der Waals surface area contributed by atoms with Crippen molar-refractivity contribution in [1.29, 1.82) is 0 Å². The average molecular weight is 203 g/mol. The van der Waals surface area contributed by atoms with Crippen molar-refractivity contribution in [2.45, 2.75) is 5.75 Å². The summed E-state index contributed by atoms with van der Waals surface area (Å²) in [5.74, 6) is 2.13. The quantitative estimate of drug-likeness (QED) is 0.627. The smallest absolute Gasteiger partial charge is 0.0185 e. The van der Waals surface area contributed by atoms with Crippen LogP contribution in [0.25, 0.3) is 0 Å². The molecular weight excluding hydrogens is 190 g/mol. The van der Waals surface area contributed by atoms with E-state index in [-0.39, 0.29) is 12.4 Å². The molecule has 0 aliphatic rings. The van der Waals surface area contributed by atoms with Crippen LogP contribution >= 0.6 is 11.8 Å². The maximum atomic E-state index is 5.37. The first-order valence-electron chi connectivity index (χ1n) is 3.75. The van der Waals surface area contributed by atoms with Crippen LogP contribution in [-0.2, 0) is 5.75 Å². The predicted molar refractivity (Wildman–Crippen MR) is 51.7 cm³/mol. The van der Waals surface area contributed by atoms with Gasteiger partial charge in [0.2, 0.25) is 0 Å². The first kappa shape index (κ1) is 11.8. The van der Waals surface area contributed by atoms with Gasteiger partial charge in [-0.1, -0.05) is 30.3 Å². The van der Waals surface area contributed by atoms with Gasteiger partial charge in [-0.25, -0.2) is 0 Å². The van der Waals surface area contributed by atoms with Crippen LogP contribution in [0, 0.1) is 0 Å². The van der Waals surface area contributed by atoms with Crippen molar-refractivity contribution in [1.82, 2.24) is 0 Å². The van der Waals surface area contributed by atoms with E-state index in [1.54, 1.807) is 0 Å². The third kappa shape index (κ3) is 4.65. The van der Waals surface area contributed by atoms with E-state index in [1.807, 2.05) is 17.8 Å². The number of thioether (sulfide) groups is 1. The Morgan fingerprint density at radius 3 is 2.42 bits per heavy atom. The van der Waals surface area contributed by atoms with Gasteiger partial charge in [0.25, 0.3) is 0 Å². The number of rotatable bonds is 4. The molecule has 0 radical (unpaired) electrons. The first-order chi connectivity index (χ1) is 5.43. The van der Waals surface area contributed by atoms with Crippen LogP contribution in [-0.4, -0.2) is 12.3 Å². The van der Waals surface area contributed by atoms with E-state index in [1.165, 1.54) is 5.56 Å². The topological polar surface area (TPSA) is 26.0 Å². The molecule has 0 aromatic heterocycles. The van der Waals surface area contributed by atoms with E-state index in [9.17, 15) is 0 Å². The highest BCUT2D eigenvalue weighted by atomic mass is 35.5. The number of nitrogens with two attached hydrogens (primary N) is 1. The SMILES string of the molecule is NCCSCc1ccccc1.[Cl-]. The van der Waals surface area contributed by atoms with Crippen LogP contribution in [0.1, 0.15) is 5.56 Å². The molecule has 0 aliphatic heterocycles. The molecule has 0 bridgehead atoms. The molecule has 0 spiro atoms. The lowest BCUT2D eigenvalue weighted by Gasteiger charge is -1.98. The van der Waals surface area contributed by atoms with E-state index in [4.69, 9.17) is 5.73 Å². The van der Waals surface area contributed by atoms with Crippen LogP contribution in [0.15, 0.2) is 30.3 Å². The summed E-state index contributed by atoms with van der Waals surface area (Å²) in [6.07, 6.45) is 0. The lowest BCUT2D eigenvalue weighted by molar-refractivity contribution is -0.00000233. The minimum Gasteiger partial charge on any atom is -1.00 e. The second-order valence-electron chi connectivity index (χ2n) is 2.33. The Hall–Kier alpha value is -0.180. The van der Waals surface area contributed by atoms with Crippen molar-refractivity contribution in [3.8, 4) is 0 Å². The van der Waals surface area contributed by atoms with Crippen molar-refractivity contribution in [3.05, 3.63) is 35.9 Å². The summed E-state index contributed by atoms with van der Waals surface area (Å²) in [6, 6.07) is 10.5. The summed E-state index contributed by atoms with van der Waals surface area (Å²) in [5, 5.41) is 0. The van der Waals surface area contributed by atoms with Crippen molar-refractivity contribution in [3.63, 3.8) is 0 Å². The van der Waals surface area contributed by atoms with Crippen LogP contribution in [0.3, 0.4) is 0 Å². The highest BCUT2D eigenvalue weighted by Crippen LogP contribution is 2.09. The maximum absolute atomic E-state index is 5.37. The predicted octanol–water partition coefficient (Wildman–Crippen LogP) is -1.12. The number of benzene rings is 1. The van der Waals surface area contributed by atoms with E-state index in [0.717, 1.165) is 18.1 Å². The molecule has 2 N–H and O–H groups in total. The van der Waals surface area contributed by atoms with Gasteiger partial charge in [0.05, 0.1) is 0 Å². The van der Waals surface area contributed by atoms with Crippen molar-refractivity contribution in [2.24, 2.45) is 5.73 Å². The Morgan fingerprint density at radius 1 is 1.17 bits per heavy atom. The summed E-state index contributed by atoms with van der Waals surface area (Å²) in [4.78, 5) is 0. The first-order valence-corrected chi connectivity index (χ1v) is 4.90. The summed E-state index contributed by atoms with van der Waals surface area (Å²) in [5.41, 5.74) is 6.75. The fraction of sp³-hybridized carbons (Fsp3) is 0.333. The van der Waals surface area contributed by atoms with Crippen molar-refractivity contribution in [2.75, 3.05) is 12.3 Å². The molecule has 0 aliphatic carbocycles. The highest BCUT2D eigenvalue weighted by molar-refractivity contribution is 7.98. The van der Waals surface area contributed by atoms with Crippen molar-refractivity contribution >= 4 is 11.8 Å². The molecule has 0 saturated carbocycles. The molecule has 68 valence electrons. The second-order valence-corrected chi connectivity index (χ2v) is 3.43. The number of hydrogen-bond donors (Lipinski definition) is 1. The fourth-order valence-electron chi connectivity index (χ4n) is 0.848. The standard InChI is InChI=1S/C9H13NS.ClH/c10-6-7-11-8-9-4-2-1-3-5-9;/h1-5H,6-8,10H2;1H/p-1. The van der Waals surface area contributed by atoms with Gasteiger partial charge < -0.3 is 18.1 Å². The van der Waals surface area contributed by atoms with Gasteiger partial charge in [0, 0.05) is 18.1 Å². The Balaban J connectivity index is 0.00000121. The molecule has 0 atom stereocenters. The maximum Gasteiger partial charge on any atom is 0.0185 e. The minimum atomic E-state index is 0. The van der Waals surface area contributed by atoms with Gasteiger partial charge in [-0.05, 0) is 5.56 Å². The molecule has 0 saturated heterocycles. The fourth-order valence-corrected chi connectivity index (χ4v) is 1.59. The molecule has 3 heteroatoms. The Labute approximate surface area is 84.1 Å². The Morgan fingerprint density at radius 2 is 1.83 bits per heavy atom. The molecule has 1 aromatic rings. The third-order valence-corrected chi connectivity index (χ3v) is 2.44. The molecule has 12 heavy (non-hydrogen) atoms. The van der Waals surface area contributed by atoms with Crippen molar-refractivity contribution < 1.29 is 12.4 Å². The molecule has 1 rings (SSSR count). The largest absolute Gasteiger partial charge is 1.00 e. The van der Waals surface area contributed by atoms with Crippen LogP contribution < -0.4 is 18.1 Å². The van der Waals surface area contributed by atoms with Crippen LogP contribution in [0.5, 0.6) is 0 Å². The summed E-state index contributed by atoms with van der Waals surface area (Å²) in [7, 11) is 0. The summed E-state index contributed by atoms with van der Waals surface area (Å²) >= 11 is 1.88. The zero-order chi connectivity index (χ0) is 7.94. The zero-order valence-corrected chi connectivity index (χ0v) is 8.44. The molecule has 1 aromatic carbocycles. The molecule has 0 fully saturated rings. The third-order valence-electron chi connectivity index (χ3n) is 1.37. The van der Waals surface area contributed by atoms with Gasteiger partial charge in [-0.3, -0.25) is 0 Å². The van der Waals surface area contributed by atoms with E-state index in [0.29, 0.717) is 0 Å². The number of hydrogen-bond acceptors (Lipinski definition) is 2. The van der Waals surface area contributed by atoms with Gasteiger partial charge in [-0.2, -0.15) is 11.8 Å². The monoisotopic (exact) mass is 202 g/mol. The van der Waals surface area contributed by atoms with E-state index < -0.39 is 0 Å². The molecule has 0 unspecified atom stereocenters. The Bertz CT molecular complexity index is 191. The lowest BCUT2D eigenvalue weighted by atomic mass is 10.2. The lowest BCUT2D eigenvalue weighted by Crippen LogP contribution is -3.00. The van der Waals surface area contributed by atoms with E-state index >= 15 is 0 Å². The van der Waals surface area contributed by atoms with Crippen LogP contribution in [0.2, 0.25) is 0 Å². The van der Waals surface area contributed by atoms with Gasteiger partial charge >= 0.3 is 0 Å². The number of halogens is 1. The normalized spacial score (nSPS) is 9.08. The molecular formula is C9H13ClNS-. The average Bonchev–Trinajstić information content (AvgIpc) is 2.07. The van der Waals surface area contributed by atoms with E-state index in [2.05, 4.69) is 24.3 Å². The molecule has 1 nitrogen and oxygen atoms in total. The zero-order valence-electron chi connectivity index (χ0n) is 6.87. The summed E-state index contributed by atoms with van der Waals surface area (Å²) < 4.78 is 0. The van der Waals surface area contributed by atoms with Gasteiger partial charge in [0.15, 0.2) is 0 Å². The minimum absolute atomic E-state index is 0. The summed E-state index contributed by atoms with van der Waals surface area (Å²) in [6.45, 7) is 0.775.